The Bertz CT molecular complexity index is 1030. The number of aliphatic hydroxyl groups is 1. The van der Waals surface area contributed by atoms with E-state index < -0.39 is 0 Å². The summed E-state index contributed by atoms with van der Waals surface area (Å²) in [5.74, 6) is 0.707. The average Bonchev–Trinajstić information content (AvgIpc) is 2.72. The fraction of sp³-hybridized carbons (Fsp3) is 0.0952. The number of hydrogen-bond acceptors (Lipinski definition) is 5. The summed E-state index contributed by atoms with van der Waals surface area (Å²) in [5, 5.41) is 22.5. The van der Waals surface area contributed by atoms with Gasteiger partial charge in [0.2, 0.25) is 0 Å². The van der Waals surface area contributed by atoms with Crippen LogP contribution in [0.3, 0.4) is 0 Å². The van der Waals surface area contributed by atoms with Crippen molar-refractivity contribution < 1.29 is 5.11 Å². The Hall–Kier alpha value is -3.31. The lowest BCUT2D eigenvalue weighted by molar-refractivity contribution is 0.282. The van der Waals surface area contributed by atoms with Crippen molar-refractivity contribution in [2.45, 2.75) is 13.2 Å². The lowest BCUT2D eigenvalue weighted by Crippen LogP contribution is -2.04. The van der Waals surface area contributed by atoms with Gasteiger partial charge in [0, 0.05) is 23.7 Å². The van der Waals surface area contributed by atoms with Gasteiger partial charge in [-0.25, -0.2) is 0 Å². The van der Waals surface area contributed by atoms with Crippen LogP contribution in [-0.4, -0.2) is 20.3 Å². The number of aliphatic hydroxyl groups excluding tert-OH is 1. The van der Waals surface area contributed by atoms with Crippen LogP contribution in [0.5, 0.6) is 0 Å². The summed E-state index contributed by atoms with van der Waals surface area (Å²) in [6.07, 6.45) is 1.75. The Balaban J connectivity index is 1.73. The van der Waals surface area contributed by atoms with Crippen LogP contribution in [0.25, 0.3) is 22.2 Å². The number of aromatic nitrogens is 3. The summed E-state index contributed by atoms with van der Waals surface area (Å²) in [7, 11) is 0. The number of fused-ring (bicyclic) bond motifs is 1. The maximum atomic E-state index is 9.38. The molecule has 0 saturated carbocycles. The van der Waals surface area contributed by atoms with E-state index in [0.717, 1.165) is 22.0 Å². The lowest BCUT2D eigenvalue weighted by Gasteiger charge is -2.11. The fourth-order valence-electron chi connectivity index (χ4n) is 2.91. The molecule has 0 atom stereocenters. The Kier molecular flexibility index (Phi) is 4.53. The van der Waals surface area contributed by atoms with Crippen LogP contribution in [0.1, 0.15) is 11.1 Å². The van der Waals surface area contributed by atoms with Crippen LogP contribution in [0, 0.1) is 0 Å². The van der Waals surface area contributed by atoms with E-state index >= 15 is 0 Å². The average molecular weight is 342 g/mol. The number of pyridine rings is 1. The first-order chi connectivity index (χ1) is 12.8. The minimum absolute atomic E-state index is 0.0106. The molecule has 0 bridgehead atoms. The normalized spacial score (nSPS) is 10.8. The monoisotopic (exact) mass is 342 g/mol. The van der Waals surface area contributed by atoms with Crippen molar-refractivity contribution in [1.29, 1.82) is 0 Å². The van der Waals surface area contributed by atoms with Gasteiger partial charge in [-0.3, -0.25) is 4.98 Å². The van der Waals surface area contributed by atoms with Crippen molar-refractivity contribution in [1.82, 2.24) is 15.2 Å². The standard InChI is InChI=1S/C21H18N4O/c26-14-16-8-4-9-17(12-16)19-20-18(10-5-11-22-20)21(25-24-19)23-13-15-6-2-1-3-7-15/h1-12,26H,13-14H2,(H,23,25). The van der Waals surface area contributed by atoms with E-state index in [2.05, 4.69) is 32.6 Å². The van der Waals surface area contributed by atoms with Crippen molar-refractivity contribution in [3.63, 3.8) is 0 Å². The number of benzene rings is 2. The molecular formula is C21H18N4O. The predicted molar refractivity (Wildman–Crippen MR) is 102 cm³/mol. The molecule has 5 heteroatoms. The molecule has 5 nitrogen and oxygen atoms in total. The summed E-state index contributed by atoms with van der Waals surface area (Å²) in [6.45, 7) is 0.655. The van der Waals surface area contributed by atoms with Gasteiger partial charge in [0.1, 0.15) is 11.2 Å². The van der Waals surface area contributed by atoms with Crippen molar-refractivity contribution in [2.75, 3.05) is 5.32 Å². The van der Waals surface area contributed by atoms with Crippen molar-refractivity contribution in [2.24, 2.45) is 0 Å². The largest absolute Gasteiger partial charge is 0.392 e. The first-order valence-electron chi connectivity index (χ1n) is 8.44. The molecule has 0 radical (unpaired) electrons. The van der Waals surface area contributed by atoms with Gasteiger partial charge in [-0.15, -0.1) is 10.2 Å². The first-order valence-corrected chi connectivity index (χ1v) is 8.44. The summed E-state index contributed by atoms with van der Waals surface area (Å²) in [6, 6.07) is 21.7. The summed E-state index contributed by atoms with van der Waals surface area (Å²) >= 11 is 0. The minimum Gasteiger partial charge on any atom is -0.392 e. The Morgan fingerprint density at radius 1 is 0.846 bits per heavy atom. The van der Waals surface area contributed by atoms with E-state index in [1.165, 1.54) is 5.56 Å². The highest BCUT2D eigenvalue weighted by molar-refractivity contribution is 5.97. The Morgan fingerprint density at radius 2 is 1.69 bits per heavy atom. The maximum Gasteiger partial charge on any atom is 0.158 e. The third-order valence-electron chi connectivity index (χ3n) is 4.22. The van der Waals surface area contributed by atoms with Crippen LogP contribution in [-0.2, 0) is 13.2 Å². The maximum absolute atomic E-state index is 9.38. The van der Waals surface area contributed by atoms with Gasteiger partial charge in [-0.1, -0.05) is 48.5 Å². The molecular weight excluding hydrogens is 324 g/mol. The van der Waals surface area contributed by atoms with Crippen molar-refractivity contribution in [3.05, 3.63) is 84.1 Å². The molecule has 128 valence electrons. The van der Waals surface area contributed by atoms with Gasteiger partial charge < -0.3 is 10.4 Å². The second-order valence-corrected chi connectivity index (χ2v) is 5.99. The molecule has 0 aliphatic heterocycles. The molecule has 26 heavy (non-hydrogen) atoms. The molecule has 0 amide bonds. The van der Waals surface area contributed by atoms with E-state index in [1.54, 1.807) is 6.20 Å². The topological polar surface area (TPSA) is 70.9 Å². The van der Waals surface area contributed by atoms with Crippen molar-refractivity contribution >= 4 is 16.7 Å². The molecule has 0 unspecified atom stereocenters. The smallest absolute Gasteiger partial charge is 0.158 e. The summed E-state index contributed by atoms with van der Waals surface area (Å²) in [4.78, 5) is 4.52. The zero-order valence-corrected chi connectivity index (χ0v) is 14.1. The molecule has 2 aromatic heterocycles. The third kappa shape index (κ3) is 3.25. The molecule has 4 rings (SSSR count). The number of nitrogens with zero attached hydrogens (tertiary/aromatic N) is 3. The molecule has 0 aliphatic rings. The Labute approximate surface area is 151 Å². The van der Waals surface area contributed by atoms with E-state index in [0.29, 0.717) is 18.1 Å². The molecule has 0 aliphatic carbocycles. The van der Waals surface area contributed by atoms with Gasteiger partial charge in [0.15, 0.2) is 5.82 Å². The van der Waals surface area contributed by atoms with E-state index in [9.17, 15) is 5.11 Å². The highest BCUT2D eigenvalue weighted by Gasteiger charge is 2.12. The van der Waals surface area contributed by atoms with Gasteiger partial charge >= 0.3 is 0 Å². The number of hydrogen-bond donors (Lipinski definition) is 2. The molecule has 2 N–H and O–H groups in total. The quantitative estimate of drug-likeness (QED) is 0.577. The van der Waals surface area contributed by atoms with Crippen LogP contribution >= 0.6 is 0 Å². The molecule has 2 heterocycles. The second kappa shape index (κ2) is 7.29. The lowest BCUT2D eigenvalue weighted by atomic mass is 10.1. The molecule has 0 spiro atoms. The number of nitrogens with one attached hydrogen (secondary N) is 1. The van der Waals surface area contributed by atoms with Gasteiger partial charge in [-0.05, 0) is 29.3 Å². The van der Waals surface area contributed by atoms with Crippen LogP contribution < -0.4 is 5.32 Å². The highest BCUT2D eigenvalue weighted by atomic mass is 16.3. The zero-order chi connectivity index (χ0) is 17.8. The van der Waals surface area contributed by atoms with Gasteiger partial charge in [-0.2, -0.15) is 0 Å². The molecule has 4 aromatic rings. The van der Waals surface area contributed by atoms with Crippen LogP contribution in [0.4, 0.5) is 5.82 Å². The number of rotatable bonds is 5. The molecule has 2 aromatic carbocycles. The second-order valence-electron chi connectivity index (χ2n) is 5.99. The summed E-state index contributed by atoms with van der Waals surface area (Å²) in [5.41, 5.74) is 4.39. The highest BCUT2D eigenvalue weighted by Crippen LogP contribution is 2.28. The number of anilines is 1. The van der Waals surface area contributed by atoms with Gasteiger partial charge in [0.25, 0.3) is 0 Å². The van der Waals surface area contributed by atoms with E-state index in [1.807, 2.05) is 54.6 Å². The molecule has 0 saturated heterocycles. The van der Waals surface area contributed by atoms with Crippen LogP contribution in [0.2, 0.25) is 0 Å². The van der Waals surface area contributed by atoms with Gasteiger partial charge in [0.05, 0.1) is 6.61 Å². The van der Waals surface area contributed by atoms with Crippen LogP contribution in [0.15, 0.2) is 72.9 Å². The Morgan fingerprint density at radius 3 is 2.54 bits per heavy atom. The third-order valence-corrected chi connectivity index (χ3v) is 4.22. The van der Waals surface area contributed by atoms with E-state index in [4.69, 9.17) is 0 Å². The molecule has 0 fully saturated rings. The summed E-state index contributed by atoms with van der Waals surface area (Å²) < 4.78 is 0. The zero-order valence-electron chi connectivity index (χ0n) is 14.1. The first kappa shape index (κ1) is 16.2. The van der Waals surface area contributed by atoms with E-state index in [-0.39, 0.29) is 6.61 Å². The van der Waals surface area contributed by atoms with Crippen molar-refractivity contribution in [3.8, 4) is 11.3 Å². The SMILES string of the molecule is OCc1cccc(-c2nnc(NCc3ccccc3)c3cccnc23)c1. The predicted octanol–water partition coefficient (Wildman–Crippen LogP) is 3.80. The minimum atomic E-state index is -0.0106. The fourth-order valence-corrected chi connectivity index (χ4v) is 2.91.